The summed E-state index contributed by atoms with van der Waals surface area (Å²) in [6, 6.07) is 4.08. The van der Waals surface area contributed by atoms with Gasteiger partial charge in [-0.3, -0.25) is 0 Å². The van der Waals surface area contributed by atoms with Crippen LogP contribution in [-0.4, -0.2) is 10.5 Å². The molecule has 1 saturated carbocycles. The van der Waals surface area contributed by atoms with Gasteiger partial charge in [0.25, 0.3) is 0 Å². The highest BCUT2D eigenvalue weighted by Crippen LogP contribution is 2.34. The molecule has 0 spiro atoms. The number of aryl methyl sites for hydroxylation is 1. The zero-order valence-corrected chi connectivity index (χ0v) is 10.2. The number of rotatable bonds is 2. The van der Waals surface area contributed by atoms with Crippen molar-refractivity contribution in [2.45, 2.75) is 38.6 Å². The molecule has 0 bridgehead atoms. The highest BCUT2D eigenvalue weighted by molar-refractivity contribution is 9.10. The predicted octanol–water partition coefficient (Wildman–Crippen LogP) is 3.51. The van der Waals surface area contributed by atoms with Gasteiger partial charge < -0.3 is 5.32 Å². The fraction of sp³-hybridized carbons (Fsp3) is 0.545. The average molecular weight is 255 g/mol. The molecule has 1 aliphatic rings. The minimum Gasteiger partial charge on any atom is -0.365 e. The molecule has 0 amide bonds. The Kier molecular flexibility index (Phi) is 2.52. The SMILES string of the molecule is Cc1nc(NC2(C)CCC2)ccc1Br. The van der Waals surface area contributed by atoms with Crippen LogP contribution in [0.25, 0.3) is 0 Å². The van der Waals surface area contributed by atoms with E-state index in [1.807, 2.05) is 19.1 Å². The van der Waals surface area contributed by atoms with E-state index in [9.17, 15) is 0 Å². The molecule has 0 unspecified atom stereocenters. The summed E-state index contributed by atoms with van der Waals surface area (Å²) >= 11 is 3.45. The largest absolute Gasteiger partial charge is 0.365 e. The molecule has 1 aliphatic carbocycles. The van der Waals surface area contributed by atoms with Crippen LogP contribution in [0.1, 0.15) is 31.9 Å². The zero-order valence-electron chi connectivity index (χ0n) is 8.60. The summed E-state index contributed by atoms with van der Waals surface area (Å²) in [5.41, 5.74) is 1.32. The summed E-state index contributed by atoms with van der Waals surface area (Å²) in [6.45, 7) is 4.27. The molecule has 1 aromatic rings. The van der Waals surface area contributed by atoms with Gasteiger partial charge in [0, 0.05) is 10.0 Å². The van der Waals surface area contributed by atoms with Crippen molar-refractivity contribution in [1.82, 2.24) is 4.98 Å². The Bertz CT molecular complexity index is 345. The van der Waals surface area contributed by atoms with E-state index in [0.717, 1.165) is 16.0 Å². The maximum absolute atomic E-state index is 4.48. The molecule has 2 nitrogen and oxygen atoms in total. The lowest BCUT2D eigenvalue weighted by Gasteiger charge is -2.39. The summed E-state index contributed by atoms with van der Waals surface area (Å²) in [5, 5.41) is 3.49. The fourth-order valence-corrected chi connectivity index (χ4v) is 1.98. The van der Waals surface area contributed by atoms with Crippen molar-refractivity contribution in [2.24, 2.45) is 0 Å². The van der Waals surface area contributed by atoms with Gasteiger partial charge in [-0.05, 0) is 61.2 Å². The van der Waals surface area contributed by atoms with Gasteiger partial charge in [-0.2, -0.15) is 0 Å². The standard InChI is InChI=1S/C11H15BrN2/c1-8-9(12)4-5-10(13-8)14-11(2)6-3-7-11/h4-5H,3,6-7H2,1-2H3,(H,13,14). The Balaban J connectivity index is 2.13. The van der Waals surface area contributed by atoms with E-state index in [1.54, 1.807) is 0 Å². The molecule has 0 saturated heterocycles. The van der Waals surface area contributed by atoms with Crippen LogP contribution in [0.2, 0.25) is 0 Å². The van der Waals surface area contributed by atoms with E-state index in [4.69, 9.17) is 0 Å². The van der Waals surface area contributed by atoms with Crippen LogP contribution in [-0.2, 0) is 0 Å². The molecule has 0 aliphatic heterocycles. The maximum Gasteiger partial charge on any atom is 0.126 e. The first-order chi connectivity index (χ1) is 6.59. The normalized spacial score (nSPS) is 18.8. The average Bonchev–Trinajstić information content (AvgIpc) is 2.09. The van der Waals surface area contributed by atoms with Crippen molar-refractivity contribution in [3.63, 3.8) is 0 Å². The number of hydrogen-bond donors (Lipinski definition) is 1. The topological polar surface area (TPSA) is 24.9 Å². The fourth-order valence-electron chi connectivity index (χ4n) is 1.75. The van der Waals surface area contributed by atoms with E-state index < -0.39 is 0 Å². The number of hydrogen-bond acceptors (Lipinski definition) is 2. The second-order valence-electron chi connectivity index (χ2n) is 4.30. The molecule has 1 heterocycles. The Morgan fingerprint density at radius 3 is 2.64 bits per heavy atom. The molecule has 3 heteroatoms. The van der Waals surface area contributed by atoms with Crippen molar-refractivity contribution in [2.75, 3.05) is 5.32 Å². The van der Waals surface area contributed by atoms with Crippen LogP contribution >= 0.6 is 15.9 Å². The summed E-state index contributed by atoms with van der Waals surface area (Å²) in [7, 11) is 0. The Morgan fingerprint density at radius 2 is 2.14 bits per heavy atom. The lowest BCUT2D eigenvalue weighted by molar-refractivity contribution is 0.305. The van der Waals surface area contributed by atoms with Crippen LogP contribution in [0.3, 0.4) is 0 Å². The third-order valence-corrected chi connectivity index (χ3v) is 3.75. The van der Waals surface area contributed by atoms with Gasteiger partial charge in [0.15, 0.2) is 0 Å². The Labute approximate surface area is 93.3 Å². The second kappa shape index (κ2) is 3.54. The molecule has 1 aromatic heterocycles. The number of pyridine rings is 1. The third-order valence-electron chi connectivity index (χ3n) is 2.91. The zero-order chi connectivity index (χ0) is 10.2. The molecule has 0 radical (unpaired) electrons. The minimum absolute atomic E-state index is 0.285. The van der Waals surface area contributed by atoms with Crippen molar-refractivity contribution in [3.8, 4) is 0 Å². The molecule has 0 aromatic carbocycles. The second-order valence-corrected chi connectivity index (χ2v) is 5.16. The lowest BCUT2D eigenvalue weighted by Crippen LogP contribution is -2.41. The molecule has 1 fully saturated rings. The maximum atomic E-state index is 4.48. The van der Waals surface area contributed by atoms with Gasteiger partial charge in [0.1, 0.15) is 5.82 Å². The van der Waals surface area contributed by atoms with Crippen molar-refractivity contribution in [3.05, 3.63) is 22.3 Å². The molecular formula is C11H15BrN2. The first-order valence-corrected chi connectivity index (χ1v) is 5.80. The van der Waals surface area contributed by atoms with Crippen molar-refractivity contribution >= 4 is 21.7 Å². The van der Waals surface area contributed by atoms with E-state index in [-0.39, 0.29) is 5.54 Å². The van der Waals surface area contributed by atoms with E-state index in [1.165, 1.54) is 19.3 Å². The molecule has 14 heavy (non-hydrogen) atoms. The van der Waals surface area contributed by atoms with Gasteiger partial charge >= 0.3 is 0 Å². The van der Waals surface area contributed by atoms with Gasteiger partial charge in [-0.1, -0.05) is 0 Å². The van der Waals surface area contributed by atoms with E-state index in [0.29, 0.717) is 0 Å². The monoisotopic (exact) mass is 254 g/mol. The van der Waals surface area contributed by atoms with E-state index >= 15 is 0 Å². The van der Waals surface area contributed by atoms with Crippen LogP contribution in [0.15, 0.2) is 16.6 Å². The Morgan fingerprint density at radius 1 is 1.43 bits per heavy atom. The minimum atomic E-state index is 0.285. The highest BCUT2D eigenvalue weighted by atomic mass is 79.9. The molecule has 2 rings (SSSR count). The summed E-state index contributed by atoms with van der Waals surface area (Å²) in [5.74, 6) is 0.993. The van der Waals surface area contributed by atoms with Crippen LogP contribution in [0, 0.1) is 6.92 Å². The number of halogens is 1. The van der Waals surface area contributed by atoms with Gasteiger partial charge in [-0.25, -0.2) is 4.98 Å². The molecule has 76 valence electrons. The van der Waals surface area contributed by atoms with E-state index in [2.05, 4.69) is 33.2 Å². The number of nitrogens with one attached hydrogen (secondary N) is 1. The smallest absolute Gasteiger partial charge is 0.126 e. The van der Waals surface area contributed by atoms with Crippen LogP contribution in [0.4, 0.5) is 5.82 Å². The quantitative estimate of drug-likeness (QED) is 0.874. The van der Waals surface area contributed by atoms with Gasteiger partial charge in [0.2, 0.25) is 0 Å². The molecular weight excluding hydrogens is 240 g/mol. The third kappa shape index (κ3) is 1.92. The highest BCUT2D eigenvalue weighted by Gasteiger charge is 2.31. The number of aromatic nitrogens is 1. The Hall–Kier alpha value is -0.570. The van der Waals surface area contributed by atoms with Crippen LogP contribution in [0.5, 0.6) is 0 Å². The molecule has 1 N–H and O–H groups in total. The first kappa shape index (κ1) is 9.97. The number of nitrogens with zero attached hydrogens (tertiary/aromatic N) is 1. The van der Waals surface area contributed by atoms with Crippen molar-refractivity contribution < 1.29 is 0 Å². The first-order valence-electron chi connectivity index (χ1n) is 5.00. The predicted molar refractivity (Wildman–Crippen MR) is 62.6 cm³/mol. The molecule has 0 atom stereocenters. The van der Waals surface area contributed by atoms with Gasteiger partial charge in [-0.15, -0.1) is 0 Å². The summed E-state index contributed by atoms with van der Waals surface area (Å²) < 4.78 is 1.07. The van der Waals surface area contributed by atoms with Crippen molar-refractivity contribution in [1.29, 1.82) is 0 Å². The van der Waals surface area contributed by atoms with Gasteiger partial charge in [0.05, 0.1) is 5.69 Å². The van der Waals surface area contributed by atoms with Crippen LogP contribution < -0.4 is 5.32 Å². The summed E-state index contributed by atoms with van der Waals surface area (Å²) in [4.78, 5) is 4.48. The number of anilines is 1. The summed E-state index contributed by atoms with van der Waals surface area (Å²) in [6.07, 6.45) is 3.84. The lowest BCUT2D eigenvalue weighted by atomic mass is 9.78.